The lowest BCUT2D eigenvalue weighted by Gasteiger charge is -2.23. The summed E-state index contributed by atoms with van der Waals surface area (Å²) in [5.74, 6) is -2.22. The summed E-state index contributed by atoms with van der Waals surface area (Å²) >= 11 is 0. The van der Waals surface area contributed by atoms with Gasteiger partial charge in [0, 0.05) is 11.9 Å². The molecular formula is C19H16N2O6. The molecule has 0 unspecified atom stereocenters. The maximum Gasteiger partial charge on any atom is 0.355 e. The van der Waals surface area contributed by atoms with Crippen molar-refractivity contribution in [3.8, 4) is 6.07 Å². The zero-order valence-corrected chi connectivity index (χ0v) is 14.9. The van der Waals surface area contributed by atoms with Crippen LogP contribution in [0.5, 0.6) is 0 Å². The van der Waals surface area contributed by atoms with E-state index in [1.54, 1.807) is 12.2 Å². The van der Waals surface area contributed by atoms with Gasteiger partial charge in [0.1, 0.15) is 11.8 Å². The van der Waals surface area contributed by atoms with Crippen LogP contribution >= 0.6 is 0 Å². The monoisotopic (exact) mass is 368 g/mol. The molecule has 1 aromatic rings. The van der Waals surface area contributed by atoms with Crippen molar-refractivity contribution in [1.82, 2.24) is 0 Å². The Morgan fingerprint density at radius 2 is 1.63 bits per heavy atom. The molecule has 0 radical (unpaired) electrons. The lowest BCUT2D eigenvalue weighted by atomic mass is 10.1. The van der Waals surface area contributed by atoms with Crippen molar-refractivity contribution in [3.05, 3.63) is 65.0 Å². The van der Waals surface area contributed by atoms with Gasteiger partial charge in [-0.3, -0.25) is 0 Å². The predicted octanol–water partition coefficient (Wildman–Crippen LogP) is 1.83. The molecule has 27 heavy (non-hydrogen) atoms. The van der Waals surface area contributed by atoms with Gasteiger partial charge < -0.3 is 19.1 Å². The summed E-state index contributed by atoms with van der Waals surface area (Å²) in [6.45, 7) is 0. The molecule has 1 aliphatic rings. The molecule has 0 bridgehead atoms. The summed E-state index contributed by atoms with van der Waals surface area (Å²) in [5, 5.41) is 9.19. The summed E-state index contributed by atoms with van der Waals surface area (Å²) in [6, 6.07) is 6.24. The largest absolute Gasteiger partial charge is 0.465 e. The Morgan fingerprint density at radius 3 is 2.22 bits per heavy atom. The van der Waals surface area contributed by atoms with Crippen LogP contribution in [0.1, 0.15) is 15.9 Å². The normalized spacial score (nSPS) is 12.9. The van der Waals surface area contributed by atoms with E-state index in [1.807, 2.05) is 6.07 Å². The average Bonchev–Trinajstić information content (AvgIpc) is 2.94. The van der Waals surface area contributed by atoms with Gasteiger partial charge in [-0.1, -0.05) is 6.08 Å². The number of ether oxygens (including phenoxy) is 3. The van der Waals surface area contributed by atoms with E-state index in [0.29, 0.717) is 5.69 Å². The van der Waals surface area contributed by atoms with E-state index in [0.717, 1.165) is 0 Å². The number of esters is 3. The van der Waals surface area contributed by atoms with Gasteiger partial charge in [0.2, 0.25) is 0 Å². The second kappa shape index (κ2) is 8.49. The third-order valence-electron chi connectivity index (χ3n) is 3.70. The zero-order chi connectivity index (χ0) is 20.0. The topological polar surface area (TPSA) is 106 Å². The van der Waals surface area contributed by atoms with Crippen molar-refractivity contribution >= 4 is 23.6 Å². The van der Waals surface area contributed by atoms with E-state index in [1.165, 1.54) is 56.7 Å². The number of anilines is 1. The summed E-state index contributed by atoms with van der Waals surface area (Å²) < 4.78 is 14.3. The Balaban J connectivity index is 2.71. The Bertz CT molecular complexity index is 921. The first kappa shape index (κ1) is 19.5. The molecule has 1 aromatic carbocycles. The molecule has 1 aliphatic heterocycles. The third-order valence-corrected chi connectivity index (χ3v) is 3.70. The first-order chi connectivity index (χ1) is 13.0. The molecule has 0 amide bonds. The first-order valence-electron chi connectivity index (χ1n) is 7.66. The average molecular weight is 368 g/mol. The molecule has 0 saturated carbocycles. The third kappa shape index (κ3) is 3.88. The fourth-order valence-corrected chi connectivity index (χ4v) is 2.42. The van der Waals surface area contributed by atoms with Crippen molar-refractivity contribution in [2.45, 2.75) is 0 Å². The molecule has 0 fully saturated rings. The predicted molar refractivity (Wildman–Crippen MR) is 94.3 cm³/mol. The van der Waals surface area contributed by atoms with Gasteiger partial charge in [-0.05, 0) is 30.4 Å². The minimum Gasteiger partial charge on any atom is -0.465 e. The minimum atomic E-state index is -0.782. The fraction of sp³-hybridized carbons (Fsp3) is 0.158. The highest BCUT2D eigenvalue weighted by molar-refractivity contribution is 6.05. The number of hydrogen-bond donors (Lipinski definition) is 0. The molecule has 0 N–H and O–H groups in total. The van der Waals surface area contributed by atoms with Crippen molar-refractivity contribution < 1.29 is 28.6 Å². The summed E-state index contributed by atoms with van der Waals surface area (Å²) in [6.07, 6.45) is 6.08. The zero-order valence-electron chi connectivity index (χ0n) is 14.9. The van der Waals surface area contributed by atoms with Crippen LogP contribution in [0.4, 0.5) is 5.69 Å². The summed E-state index contributed by atoms with van der Waals surface area (Å²) in [5.41, 5.74) is 0.343. The molecule has 8 heteroatoms. The van der Waals surface area contributed by atoms with Crippen LogP contribution in [-0.2, 0) is 23.8 Å². The smallest absolute Gasteiger partial charge is 0.355 e. The quantitative estimate of drug-likeness (QED) is 0.585. The number of hydrogen-bond acceptors (Lipinski definition) is 8. The second-order valence-electron chi connectivity index (χ2n) is 5.15. The molecule has 0 aromatic heterocycles. The van der Waals surface area contributed by atoms with Crippen LogP contribution in [0, 0.1) is 11.3 Å². The lowest BCUT2D eigenvalue weighted by molar-refractivity contribution is -0.139. The minimum absolute atomic E-state index is 0.0203. The van der Waals surface area contributed by atoms with Crippen LogP contribution in [0.15, 0.2) is 53.9 Å². The summed E-state index contributed by atoms with van der Waals surface area (Å²) in [4.78, 5) is 37.9. The van der Waals surface area contributed by atoms with E-state index in [2.05, 4.69) is 0 Å². The maximum atomic E-state index is 12.4. The highest BCUT2D eigenvalue weighted by Crippen LogP contribution is 2.28. The highest BCUT2D eigenvalue weighted by Gasteiger charge is 2.28. The molecule has 8 nitrogen and oxygen atoms in total. The van der Waals surface area contributed by atoms with E-state index < -0.39 is 17.9 Å². The molecule has 1 heterocycles. The molecule has 138 valence electrons. The van der Waals surface area contributed by atoms with Gasteiger partial charge >= 0.3 is 17.9 Å². The van der Waals surface area contributed by atoms with Gasteiger partial charge in [-0.2, -0.15) is 5.26 Å². The number of benzene rings is 1. The molecule has 0 saturated heterocycles. The van der Waals surface area contributed by atoms with E-state index >= 15 is 0 Å². The Hall–Kier alpha value is -3.86. The number of methoxy groups -OCH3 is 3. The van der Waals surface area contributed by atoms with Crippen molar-refractivity contribution in [2.75, 3.05) is 26.2 Å². The molecule has 0 spiro atoms. The Labute approximate surface area is 155 Å². The van der Waals surface area contributed by atoms with Gasteiger partial charge in [0.15, 0.2) is 0 Å². The van der Waals surface area contributed by atoms with Gasteiger partial charge in [0.05, 0.1) is 38.0 Å². The number of nitriles is 1. The number of rotatable bonds is 4. The van der Waals surface area contributed by atoms with E-state index in [4.69, 9.17) is 14.2 Å². The number of nitrogens with zero attached hydrogens (tertiary/aromatic N) is 2. The summed E-state index contributed by atoms with van der Waals surface area (Å²) in [7, 11) is 3.57. The van der Waals surface area contributed by atoms with Gasteiger partial charge in [0.25, 0.3) is 0 Å². The number of allylic oxidation sites excluding steroid dienone is 2. The van der Waals surface area contributed by atoms with E-state index in [9.17, 15) is 19.6 Å². The standard InChI is InChI=1S/C19H16N2O6/c1-25-17(22)14-6-4-5-9-21(16(14)19(24)27-3)13-8-7-12(11-20)15(10-13)18(23)26-2/h4-10H,1-3H3. The van der Waals surface area contributed by atoms with Crippen molar-refractivity contribution in [2.24, 2.45) is 0 Å². The second-order valence-corrected chi connectivity index (χ2v) is 5.15. The fourth-order valence-electron chi connectivity index (χ4n) is 2.42. The van der Waals surface area contributed by atoms with E-state index in [-0.39, 0.29) is 22.4 Å². The van der Waals surface area contributed by atoms with Gasteiger partial charge in [-0.15, -0.1) is 0 Å². The van der Waals surface area contributed by atoms with Crippen LogP contribution in [0.25, 0.3) is 0 Å². The van der Waals surface area contributed by atoms with Crippen LogP contribution < -0.4 is 4.90 Å². The lowest BCUT2D eigenvalue weighted by Crippen LogP contribution is -2.27. The van der Waals surface area contributed by atoms with Crippen LogP contribution in [0.2, 0.25) is 0 Å². The van der Waals surface area contributed by atoms with Crippen LogP contribution in [-0.4, -0.2) is 39.2 Å². The highest BCUT2D eigenvalue weighted by atomic mass is 16.5. The molecule has 2 rings (SSSR count). The maximum absolute atomic E-state index is 12.4. The molecule has 0 aliphatic carbocycles. The van der Waals surface area contributed by atoms with Crippen molar-refractivity contribution in [1.29, 1.82) is 5.26 Å². The molecule has 0 atom stereocenters. The Morgan fingerprint density at radius 1 is 0.963 bits per heavy atom. The molecular weight excluding hydrogens is 352 g/mol. The van der Waals surface area contributed by atoms with Gasteiger partial charge in [-0.25, -0.2) is 14.4 Å². The number of carbonyl (C=O) groups excluding carboxylic acids is 3. The van der Waals surface area contributed by atoms with Crippen molar-refractivity contribution in [3.63, 3.8) is 0 Å². The Kier molecular flexibility index (Phi) is 6.12. The van der Waals surface area contributed by atoms with Crippen LogP contribution in [0.3, 0.4) is 0 Å². The number of carbonyl (C=O) groups is 3. The SMILES string of the molecule is COC(=O)C1=C(C(=O)OC)N(c2ccc(C#N)c(C(=O)OC)c2)C=CC=C1. The first-order valence-corrected chi connectivity index (χ1v) is 7.66.